The van der Waals surface area contributed by atoms with Crippen LogP contribution in [-0.2, 0) is 0 Å². The first-order valence-corrected chi connectivity index (χ1v) is 6.96. The minimum atomic E-state index is -0.294. The molecule has 5 nitrogen and oxygen atoms in total. The Kier molecular flexibility index (Phi) is 4.65. The number of benzene rings is 1. The summed E-state index contributed by atoms with van der Waals surface area (Å²) in [7, 11) is 3.13. The molecule has 1 aromatic heterocycles. The van der Waals surface area contributed by atoms with Crippen molar-refractivity contribution in [3.05, 3.63) is 46.2 Å². The number of hydrogen-bond acceptors (Lipinski definition) is 4. The fourth-order valence-electron chi connectivity index (χ4n) is 2.40. The van der Waals surface area contributed by atoms with E-state index >= 15 is 0 Å². The predicted molar refractivity (Wildman–Crippen MR) is 85.0 cm³/mol. The van der Waals surface area contributed by atoms with Crippen molar-refractivity contribution in [3.8, 4) is 22.8 Å². The maximum Gasteiger partial charge on any atom is 0.261 e. The van der Waals surface area contributed by atoms with Crippen LogP contribution in [0.25, 0.3) is 11.3 Å². The Hall–Kier alpha value is -2.56. The molecule has 0 atom stereocenters. The predicted octanol–water partition coefficient (Wildman–Crippen LogP) is 2.93. The quantitative estimate of drug-likeness (QED) is 0.797. The third-order valence-electron chi connectivity index (χ3n) is 3.47. The number of methoxy groups -OCH3 is 2. The van der Waals surface area contributed by atoms with Gasteiger partial charge in [0.15, 0.2) is 17.8 Å². The van der Waals surface area contributed by atoms with Crippen LogP contribution < -0.4 is 15.0 Å². The lowest BCUT2D eigenvalue weighted by molar-refractivity contribution is 0.112. The SMILES string of the molecule is COc1ccc(-c2ccc(C=O)c(=O)n2C(C)C)cc1OC. The molecule has 0 fully saturated rings. The van der Waals surface area contributed by atoms with E-state index in [4.69, 9.17) is 9.47 Å². The van der Waals surface area contributed by atoms with Crippen LogP contribution in [0.3, 0.4) is 0 Å². The Morgan fingerprint density at radius 3 is 2.27 bits per heavy atom. The van der Waals surface area contributed by atoms with Gasteiger partial charge in [-0.25, -0.2) is 0 Å². The van der Waals surface area contributed by atoms with Crippen molar-refractivity contribution in [1.29, 1.82) is 0 Å². The van der Waals surface area contributed by atoms with Crippen LogP contribution in [0.15, 0.2) is 35.1 Å². The van der Waals surface area contributed by atoms with Gasteiger partial charge < -0.3 is 14.0 Å². The van der Waals surface area contributed by atoms with Gasteiger partial charge in [0.2, 0.25) is 0 Å². The van der Waals surface area contributed by atoms with Gasteiger partial charge in [0.25, 0.3) is 5.56 Å². The minimum Gasteiger partial charge on any atom is -0.493 e. The van der Waals surface area contributed by atoms with Crippen LogP contribution in [0.4, 0.5) is 0 Å². The molecular formula is C17H19NO4. The van der Waals surface area contributed by atoms with Crippen molar-refractivity contribution in [2.24, 2.45) is 0 Å². The van der Waals surface area contributed by atoms with Crippen LogP contribution in [0, 0.1) is 0 Å². The minimum absolute atomic E-state index is 0.0736. The summed E-state index contributed by atoms with van der Waals surface area (Å²) in [6.07, 6.45) is 0.583. The van der Waals surface area contributed by atoms with E-state index in [0.29, 0.717) is 17.8 Å². The summed E-state index contributed by atoms with van der Waals surface area (Å²) in [5.74, 6) is 1.21. The normalized spacial score (nSPS) is 10.6. The number of hydrogen-bond donors (Lipinski definition) is 0. The van der Waals surface area contributed by atoms with Crippen LogP contribution in [-0.4, -0.2) is 25.1 Å². The van der Waals surface area contributed by atoms with Crippen LogP contribution >= 0.6 is 0 Å². The van der Waals surface area contributed by atoms with Crippen molar-refractivity contribution in [2.45, 2.75) is 19.9 Å². The molecule has 0 aliphatic carbocycles. The molecule has 0 radical (unpaired) electrons. The second kappa shape index (κ2) is 6.47. The molecule has 0 aliphatic heterocycles. The van der Waals surface area contributed by atoms with Crippen molar-refractivity contribution >= 4 is 6.29 Å². The second-order valence-electron chi connectivity index (χ2n) is 5.13. The number of aromatic nitrogens is 1. The van der Waals surface area contributed by atoms with Gasteiger partial charge in [-0.1, -0.05) is 0 Å². The summed E-state index contributed by atoms with van der Waals surface area (Å²) >= 11 is 0. The van der Waals surface area contributed by atoms with Gasteiger partial charge in [-0.05, 0) is 44.2 Å². The molecule has 0 aliphatic rings. The molecule has 0 amide bonds. The van der Waals surface area contributed by atoms with Gasteiger partial charge >= 0.3 is 0 Å². The number of aldehydes is 1. The summed E-state index contributed by atoms with van der Waals surface area (Å²) in [4.78, 5) is 23.4. The van der Waals surface area contributed by atoms with E-state index < -0.39 is 0 Å². The highest BCUT2D eigenvalue weighted by atomic mass is 16.5. The average Bonchev–Trinajstić information content (AvgIpc) is 2.53. The van der Waals surface area contributed by atoms with Crippen molar-refractivity contribution < 1.29 is 14.3 Å². The highest BCUT2D eigenvalue weighted by Crippen LogP contribution is 2.32. The largest absolute Gasteiger partial charge is 0.493 e. The Morgan fingerprint density at radius 1 is 1.05 bits per heavy atom. The van der Waals surface area contributed by atoms with Crippen molar-refractivity contribution in [2.75, 3.05) is 14.2 Å². The summed E-state index contributed by atoms with van der Waals surface area (Å²) in [5, 5.41) is 0. The van der Waals surface area contributed by atoms with Crippen molar-refractivity contribution in [3.63, 3.8) is 0 Å². The van der Waals surface area contributed by atoms with Gasteiger partial charge in [-0.15, -0.1) is 0 Å². The van der Waals surface area contributed by atoms with Crippen LogP contribution in [0.5, 0.6) is 11.5 Å². The molecule has 5 heteroatoms. The lowest BCUT2D eigenvalue weighted by atomic mass is 10.1. The standard InChI is InChI=1S/C17H19NO4/c1-11(2)18-14(7-5-13(10-19)17(18)20)12-6-8-15(21-3)16(9-12)22-4/h5-11H,1-4H3. The van der Waals surface area contributed by atoms with Gasteiger partial charge in [-0.3, -0.25) is 9.59 Å². The molecule has 0 spiro atoms. The Bertz CT molecular complexity index is 747. The van der Waals surface area contributed by atoms with Gasteiger partial charge in [0.1, 0.15) is 0 Å². The Morgan fingerprint density at radius 2 is 1.73 bits per heavy atom. The lowest BCUT2D eigenvalue weighted by Gasteiger charge is -2.18. The second-order valence-corrected chi connectivity index (χ2v) is 5.13. The number of rotatable bonds is 5. The smallest absolute Gasteiger partial charge is 0.261 e. The molecule has 2 aromatic rings. The van der Waals surface area contributed by atoms with Crippen LogP contribution in [0.1, 0.15) is 30.2 Å². The molecule has 2 rings (SSSR count). The van der Waals surface area contributed by atoms with E-state index in [1.807, 2.05) is 26.0 Å². The monoisotopic (exact) mass is 301 g/mol. The van der Waals surface area contributed by atoms with Crippen LogP contribution in [0.2, 0.25) is 0 Å². The van der Waals surface area contributed by atoms with E-state index in [9.17, 15) is 9.59 Å². The summed E-state index contributed by atoms with van der Waals surface area (Å²) in [6.45, 7) is 3.81. The highest BCUT2D eigenvalue weighted by Gasteiger charge is 2.14. The number of nitrogens with zero attached hydrogens (tertiary/aromatic N) is 1. The van der Waals surface area contributed by atoms with Gasteiger partial charge in [0, 0.05) is 11.6 Å². The summed E-state index contributed by atoms with van der Waals surface area (Å²) < 4.78 is 12.1. The van der Waals surface area contributed by atoms with E-state index in [1.165, 1.54) is 0 Å². The van der Waals surface area contributed by atoms with Gasteiger partial charge in [-0.2, -0.15) is 0 Å². The Labute approximate surface area is 129 Å². The van der Waals surface area contributed by atoms with E-state index in [-0.39, 0.29) is 17.2 Å². The van der Waals surface area contributed by atoms with E-state index in [0.717, 1.165) is 11.3 Å². The number of pyridine rings is 1. The summed E-state index contributed by atoms with van der Waals surface area (Å²) in [5.41, 5.74) is 1.41. The molecular weight excluding hydrogens is 282 g/mol. The fourth-order valence-corrected chi connectivity index (χ4v) is 2.40. The molecule has 0 saturated heterocycles. The molecule has 0 saturated carbocycles. The molecule has 0 unspecified atom stereocenters. The lowest BCUT2D eigenvalue weighted by Crippen LogP contribution is -2.26. The van der Waals surface area contributed by atoms with Gasteiger partial charge in [0.05, 0.1) is 25.5 Å². The third kappa shape index (κ3) is 2.74. The number of carbonyl (C=O) groups excluding carboxylic acids is 1. The van der Waals surface area contributed by atoms with E-state index in [1.54, 1.807) is 37.0 Å². The zero-order valence-electron chi connectivity index (χ0n) is 13.1. The summed E-state index contributed by atoms with van der Waals surface area (Å²) in [6, 6.07) is 8.70. The first kappa shape index (κ1) is 15.8. The molecule has 22 heavy (non-hydrogen) atoms. The maximum absolute atomic E-state index is 12.4. The number of ether oxygens (including phenoxy) is 2. The highest BCUT2D eigenvalue weighted by molar-refractivity contribution is 5.75. The van der Waals surface area contributed by atoms with E-state index in [2.05, 4.69) is 0 Å². The molecule has 1 heterocycles. The molecule has 116 valence electrons. The fraction of sp³-hybridized carbons (Fsp3) is 0.294. The molecule has 1 aromatic carbocycles. The topological polar surface area (TPSA) is 57.5 Å². The Balaban J connectivity index is 2.70. The van der Waals surface area contributed by atoms with Crippen molar-refractivity contribution in [1.82, 2.24) is 4.57 Å². The molecule has 0 N–H and O–H groups in total. The maximum atomic E-state index is 12.4. The third-order valence-corrected chi connectivity index (χ3v) is 3.47. The first-order valence-electron chi connectivity index (χ1n) is 6.96. The average molecular weight is 301 g/mol. The molecule has 0 bridgehead atoms. The zero-order chi connectivity index (χ0) is 16.3. The number of carbonyl (C=O) groups is 1. The first-order chi connectivity index (χ1) is 10.5. The zero-order valence-corrected chi connectivity index (χ0v) is 13.1.